The number of hydrogen-bond donors (Lipinski definition) is 2. The highest BCUT2D eigenvalue weighted by atomic mass is 35.5. The second kappa shape index (κ2) is 9.03. The van der Waals surface area contributed by atoms with Crippen LogP contribution in [0.1, 0.15) is 41.5 Å². The first kappa shape index (κ1) is 22.3. The lowest BCUT2D eigenvalue weighted by Gasteiger charge is -2.49. The van der Waals surface area contributed by atoms with Gasteiger partial charge in [-0.2, -0.15) is 0 Å². The highest BCUT2D eigenvalue weighted by Gasteiger charge is 2.38. The van der Waals surface area contributed by atoms with Crippen molar-refractivity contribution in [3.63, 3.8) is 0 Å². The molecule has 0 bridgehead atoms. The number of urea groups is 1. The summed E-state index contributed by atoms with van der Waals surface area (Å²) in [6.45, 7) is 13.9. The number of nitrogens with zero attached hydrogens (tertiary/aromatic N) is 2. The molecule has 1 unspecified atom stereocenters. The Morgan fingerprint density at radius 3 is 2.14 bits per heavy atom. The van der Waals surface area contributed by atoms with Crippen LogP contribution in [0.5, 0.6) is 0 Å². The van der Waals surface area contributed by atoms with Crippen LogP contribution < -0.4 is 15.5 Å². The summed E-state index contributed by atoms with van der Waals surface area (Å²) in [6.07, 6.45) is 0. The molecule has 0 saturated carbocycles. The molecule has 2 N–H and O–H groups in total. The monoisotopic (exact) mass is 408 g/mol. The molecule has 28 heavy (non-hydrogen) atoms. The molecule has 1 aliphatic heterocycles. The van der Waals surface area contributed by atoms with E-state index in [9.17, 15) is 9.59 Å². The van der Waals surface area contributed by atoms with Crippen LogP contribution in [-0.4, -0.2) is 54.1 Å². The normalized spacial score (nSPS) is 17.6. The summed E-state index contributed by atoms with van der Waals surface area (Å²) in [6, 6.07) is 6.96. The van der Waals surface area contributed by atoms with Gasteiger partial charge in [0.15, 0.2) is 0 Å². The summed E-state index contributed by atoms with van der Waals surface area (Å²) >= 11 is 6.01. The summed E-state index contributed by atoms with van der Waals surface area (Å²) in [5.41, 5.74) is 0.861. The first-order valence-corrected chi connectivity index (χ1v) is 10.3. The highest BCUT2D eigenvalue weighted by Crippen LogP contribution is 2.29. The number of amides is 3. The summed E-state index contributed by atoms with van der Waals surface area (Å²) in [7, 11) is 0. The molecule has 0 aliphatic carbocycles. The van der Waals surface area contributed by atoms with Crippen molar-refractivity contribution in [2.75, 3.05) is 24.5 Å². The Bertz CT molecular complexity index is 688. The van der Waals surface area contributed by atoms with Crippen LogP contribution in [0, 0.1) is 5.92 Å². The van der Waals surface area contributed by atoms with Crippen LogP contribution in [0.15, 0.2) is 24.3 Å². The van der Waals surface area contributed by atoms with Crippen molar-refractivity contribution >= 4 is 29.2 Å². The van der Waals surface area contributed by atoms with E-state index in [1.165, 1.54) is 0 Å². The molecule has 1 saturated heterocycles. The van der Waals surface area contributed by atoms with E-state index in [4.69, 9.17) is 11.6 Å². The Labute approximate surface area is 173 Å². The van der Waals surface area contributed by atoms with E-state index in [0.717, 1.165) is 12.2 Å². The average Bonchev–Trinajstić information content (AvgIpc) is 2.58. The molecule has 6 nitrogen and oxygen atoms in total. The molecule has 7 heteroatoms. The molecule has 1 fully saturated rings. The number of halogens is 1. The number of anilines is 1. The minimum atomic E-state index is -0.545. The van der Waals surface area contributed by atoms with E-state index < -0.39 is 6.04 Å². The molecule has 0 radical (unpaired) electrons. The summed E-state index contributed by atoms with van der Waals surface area (Å²) in [5.74, 6) is -0.0273. The Balaban J connectivity index is 2.10. The number of hydrogen-bond acceptors (Lipinski definition) is 3. The standard InChI is InChI=1S/C21H33ClN4O2/c1-14(2)18(24-20(28)23-15(3)4)19(27)25-11-12-26(21(5,6)13-25)17-9-7-16(22)8-10-17/h7-10,14-15,18H,11-13H2,1-6H3,(H2,23,24,28). The van der Waals surface area contributed by atoms with E-state index in [2.05, 4.69) is 29.4 Å². The van der Waals surface area contributed by atoms with Gasteiger partial charge in [0.2, 0.25) is 5.91 Å². The van der Waals surface area contributed by atoms with E-state index in [1.807, 2.05) is 56.9 Å². The maximum Gasteiger partial charge on any atom is 0.315 e. The number of nitrogens with one attached hydrogen (secondary N) is 2. The van der Waals surface area contributed by atoms with Crippen molar-refractivity contribution in [3.05, 3.63) is 29.3 Å². The van der Waals surface area contributed by atoms with Gasteiger partial charge >= 0.3 is 6.03 Å². The minimum absolute atomic E-state index is 0.00261. The van der Waals surface area contributed by atoms with Crippen molar-refractivity contribution < 1.29 is 9.59 Å². The van der Waals surface area contributed by atoms with Crippen LogP contribution in [0.2, 0.25) is 5.02 Å². The lowest BCUT2D eigenvalue weighted by atomic mass is 9.95. The molecule has 1 aromatic carbocycles. The van der Waals surface area contributed by atoms with E-state index in [0.29, 0.717) is 18.1 Å². The third kappa shape index (κ3) is 5.53. The van der Waals surface area contributed by atoms with Gasteiger partial charge in [0.05, 0.1) is 5.54 Å². The van der Waals surface area contributed by atoms with Crippen molar-refractivity contribution in [1.29, 1.82) is 0 Å². The zero-order valence-corrected chi connectivity index (χ0v) is 18.5. The highest BCUT2D eigenvalue weighted by molar-refractivity contribution is 6.30. The quantitative estimate of drug-likeness (QED) is 0.783. The summed E-state index contributed by atoms with van der Waals surface area (Å²) in [5, 5.41) is 6.36. The molecule has 0 spiro atoms. The van der Waals surface area contributed by atoms with Gasteiger partial charge in [-0.05, 0) is 57.9 Å². The minimum Gasteiger partial charge on any atom is -0.363 e. The fourth-order valence-corrected chi connectivity index (χ4v) is 3.72. The van der Waals surface area contributed by atoms with Gasteiger partial charge in [-0.15, -0.1) is 0 Å². The fraction of sp³-hybridized carbons (Fsp3) is 0.619. The summed E-state index contributed by atoms with van der Waals surface area (Å²) < 4.78 is 0. The molecule has 1 atom stereocenters. The predicted octanol–water partition coefficient (Wildman–Crippen LogP) is 3.50. The van der Waals surface area contributed by atoms with Gasteiger partial charge in [-0.3, -0.25) is 4.79 Å². The molecule has 2 rings (SSSR count). The zero-order valence-electron chi connectivity index (χ0n) is 17.8. The number of piperazine rings is 1. The maximum absolute atomic E-state index is 13.2. The molecule has 0 aromatic heterocycles. The third-order valence-electron chi connectivity index (χ3n) is 4.99. The van der Waals surface area contributed by atoms with Crippen molar-refractivity contribution in [3.8, 4) is 0 Å². The fourth-order valence-electron chi connectivity index (χ4n) is 3.60. The van der Waals surface area contributed by atoms with E-state index in [-0.39, 0.29) is 29.4 Å². The second-order valence-electron chi connectivity index (χ2n) is 8.69. The SMILES string of the molecule is CC(C)NC(=O)NC(C(=O)N1CCN(c2ccc(Cl)cc2)C(C)(C)C1)C(C)C. The van der Waals surface area contributed by atoms with Crippen LogP contribution in [0.3, 0.4) is 0 Å². The van der Waals surface area contributed by atoms with Gasteiger partial charge in [0.25, 0.3) is 0 Å². The first-order valence-electron chi connectivity index (χ1n) is 9.90. The van der Waals surface area contributed by atoms with Gasteiger partial charge in [0.1, 0.15) is 6.04 Å². The van der Waals surface area contributed by atoms with Crippen LogP contribution in [-0.2, 0) is 4.79 Å². The zero-order chi connectivity index (χ0) is 21.1. The first-order chi connectivity index (χ1) is 13.0. The summed E-state index contributed by atoms with van der Waals surface area (Å²) in [4.78, 5) is 29.5. The number of carbonyl (C=O) groups excluding carboxylic acids is 2. The van der Waals surface area contributed by atoms with Gasteiger partial charge in [0, 0.05) is 36.4 Å². The second-order valence-corrected chi connectivity index (χ2v) is 9.13. The van der Waals surface area contributed by atoms with E-state index >= 15 is 0 Å². The molecule has 156 valence electrons. The molecular formula is C21H33ClN4O2. The third-order valence-corrected chi connectivity index (χ3v) is 5.24. The Morgan fingerprint density at radius 2 is 1.64 bits per heavy atom. The van der Waals surface area contributed by atoms with Crippen LogP contribution in [0.25, 0.3) is 0 Å². The van der Waals surface area contributed by atoms with Crippen LogP contribution >= 0.6 is 11.6 Å². The van der Waals surface area contributed by atoms with Gasteiger partial charge in [-0.25, -0.2) is 4.79 Å². The predicted molar refractivity (Wildman–Crippen MR) is 115 cm³/mol. The number of benzene rings is 1. The Morgan fingerprint density at radius 1 is 1.04 bits per heavy atom. The Kier molecular flexibility index (Phi) is 7.21. The van der Waals surface area contributed by atoms with Gasteiger partial charge < -0.3 is 20.4 Å². The number of rotatable bonds is 5. The average molecular weight is 409 g/mol. The van der Waals surface area contributed by atoms with E-state index in [1.54, 1.807) is 0 Å². The molecule has 3 amide bonds. The smallest absolute Gasteiger partial charge is 0.315 e. The van der Waals surface area contributed by atoms with Crippen LogP contribution in [0.4, 0.5) is 10.5 Å². The molecular weight excluding hydrogens is 376 g/mol. The molecule has 1 heterocycles. The topological polar surface area (TPSA) is 64.7 Å². The van der Waals surface area contributed by atoms with Crippen molar-refractivity contribution in [2.45, 2.75) is 59.2 Å². The largest absolute Gasteiger partial charge is 0.363 e. The lowest BCUT2D eigenvalue weighted by Crippen LogP contribution is -2.64. The maximum atomic E-state index is 13.2. The lowest BCUT2D eigenvalue weighted by molar-refractivity contribution is -0.135. The number of carbonyl (C=O) groups is 2. The van der Waals surface area contributed by atoms with Gasteiger partial charge in [-0.1, -0.05) is 25.4 Å². The molecule has 1 aliphatic rings. The molecule has 1 aromatic rings. The van der Waals surface area contributed by atoms with Crippen molar-refractivity contribution in [2.24, 2.45) is 5.92 Å². The Hall–Kier alpha value is -1.95. The van der Waals surface area contributed by atoms with Crippen molar-refractivity contribution in [1.82, 2.24) is 15.5 Å².